The smallest absolute Gasteiger partial charge is 0.242 e. The topological polar surface area (TPSA) is 110 Å². The van der Waals surface area contributed by atoms with Gasteiger partial charge in [0.25, 0.3) is 0 Å². The number of para-hydroxylation sites is 2. The molecule has 2 aromatic heterocycles. The molecule has 0 aliphatic rings. The van der Waals surface area contributed by atoms with Crippen molar-refractivity contribution in [3.05, 3.63) is 131 Å². The van der Waals surface area contributed by atoms with Crippen LogP contribution in [0.1, 0.15) is 53.5 Å². The zero-order valence-corrected chi connectivity index (χ0v) is 32.5. The van der Waals surface area contributed by atoms with E-state index in [-0.39, 0.29) is 0 Å². The molecule has 0 bridgehead atoms. The van der Waals surface area contributed by atoms with Gasteiger partial charge in [-0.3, -0.25) is 0 Å². The van der Waals surface area contributed by atoms with Crippen molar-refractivity contribution in [3.8, 4) is 11.4 Å². The molecule has 0 fully saturated rings. The minimum absolute atomic E-state index is 0.768. The molecule has 6 aromatic carbocycles. The summed E-state index contributed by atoms with van der Waals surface area (Å²) in [5, 5.41) is 7.54. The summed E-state index contributed by atoms with van der Waals surface area (Å²) in [5.41, 5.74) is 32.5. The third kappa shape index (κ3) is 6.84. The third-order valence-corrected chi connectivity index (χ3v) is 10.9. The number of nitrogens with two attached hydrogens (primary N) is 2. The molecule has 6 N–H and O–H groups in total. The van der Waals surface area contributed by atoms with Crippen LogP contribution in [0.25, 0.3) is 55.5 Å². The van der Waals surface area contributed by atoms with E-state index in [0.29, 0.717) is 0 Å². The SMILES string of the molecule is Cc1cc2nc3cc(C)c(NCCCCCCNc4c(C)cc5nc6cc(C)c(N)cc6[n+](-c6ccccc6)c5c4C)cc3[n+](-c3ccccc3)c2cc1N. The van der Waals surface area contributed by atoms with E-state index in [1.807, 2.05) is 26.0 Å². The van der Waals surface area contributed by atoms with Crippen LogP contribution in [0.4, 0.5) is 22.7 Å². The molecule has 55 heavy (non-hydrogen) atoms. The standard InChI is InChI=1S/C47H48N8/c1-29-22-39-43(26-36(29)48)54(34-16-10-8-11-17-34)45-28-38(31(3)24-41(45)52-39)50-20-14-6-7-15-21-51-46-32(4)25-42-47(33(46)5)55(35-18-12-9-13-19-35)44-27-37(49)30(2)23-40(44)53-42/h8-13,16-19,22-28H,6-7,14-15,20-21H2,1-5H3,(H4,48,49,50,51)/p+2. The van der Waals surface area contributed by atoms with Gasteiger partial charge in [-0.05, 0) is 94.0 Å². The number of fused-ring (bicyclic) bond motifs is 4. The second-order valence-electron chi connectivity index (χ2n) is 14.9. The lowest BCUT2D eigenvalue weighted by Crippen LogP contribution is -2.34. The zero-order chi connectivity index (χ0) is 38.2. The highest BCUT2D eigenvalue weighted by Crippen LogP contribution is 2.31. The van der Waals surface area contributed by atoms with E-state index in [9.17, 15) is 0 Å². The summed E-state index contributed by atoms with van der Waals surface area (Å²) in [6.45, 7) is 12.4. The summed E-state index contributed by atoms with van der Waals surface area (Å²) in [7, 11) is 0. The molecule has 276 valence electrons. The molecule has 8 nitrogen and oxygen atoms in total. The van der Waals surface area contributed by atoms with E-state index in [4.69, 9.17) is 21.4 Å². The van der Waals surface area contributed by atoms with Crippen molar-refractivity contribution in [2.75, 3.05) is 35.2 Å². The Kier molecular flexibility index (Phi) is 9.66. The molecule has 0 spiro atoms. The fourth-order valence-corrected chi connectivity index (χ4v) is 7.91. The van der Waals surface area contributed by atoms with Gasteiger partial charge in [0.2, 0.25) is 33.4 Å². The first-order valence-electron chi connectivity index (χ1n) is 19.4. The molecule has 0 atom stereocenters. The van der Waals surface area contributed by atoms with Crippen molar-refractivity contribution in [2.24, 2.45) is 0 Å². The van der Waals surface area contributed by atoms with Crippen LogP contribution in [-0.4, -0.2) is 23.1 Å². The Labute approximate surface area is 322 Å². The Morgan fingerprint density at radius 2 is 0.964 bits per heavy atom. The lowest BCUT2D eigenvalue weighted by atomic mass is 10.0. The Bertz CT molecular complexity index is 2730. The molecule has 0 amide bonds. The monoisotopic (exact) mass is 726 g/mol. The normalized spacial score (nSPS) is 11.6. The summed E-state index contributed by atoms with van der Waals surface area (Å²) in [4.78, 5) is 10.2. The van der Waals surface area contributed by atoms with Crippen molar-refractivity contribution < 1.29 is 9.13 Å². The van der Waals surface area contributed by atoms with Crippen LogP contribution < -0.4 is 31.2 Å². The number of aryl methyl sites for hydroxylation is 5. The van der Waals surface area contributed by atoms with Gasteiger partial charge >= 0.3 is 0 Å². The van der Waals surface area contributed by atoms with Gasteiger partial charge in [-0.1, -0.05) is 49.2 Å². The number of nitrogen functional groups attached to an aromatic ring is 2. The molecule has 8 heteroatoms. The number of rotatable bonds is 11. The number of nitrogens with one attached hydrogen (secondary N) is 2. The Morgan fingerprint density at radius 1 is 0.491 bits per heavy atom. The average molecular weight is 727 g/mol. The zero-order valence-electron chi connectivity index (χ0n) is 32.5. The highest BCUT2D eigenvalue weighted by molar-refractivity contribution is 5.90. The molecular weight excluding hydrogens is 677 g/mol. The van der Waals surface area contributed by atoms with E-state index in [1.54, 1.807) is 0 Å². The van der Waals surface area contributed by atoms with Crippen LogP contribution in [0, 0.1) is 34.6 Å². The Balaban J connectivity index is 0.950. The van der Waals surface area contributed by atoms with E-state index >= 15 is 0 Å². The van der Waals surface area contributed by atoms with Crippen LogP contribution in [0.2, 0.25) is 0 Å². The average Bonchev–Trinajstić information content (AvgIpc) is 3.17. The fourth-order valence-electron chi connectivity index (χ4n) is 7.91. The van der Waals surface area contributed by atoms with Gasteiger partial charge in [0.15, 0.2) is 0 Å². The predicted molar refractivity (Wildman–Crippen MR) is 230 cm³/mol. The molecule has 2 heterocycles. The van der Waals surface area contributed by atoms with Crippen LogP contribution in [-0.2, 0) is 0 Å². The van der Waals surface area contributed by atoms with Gasteiger partial charge in [-0.2, -0.15) is 0 Å². The highest BCUT2D eigenvalue weighted by Gasteiger charge is 2.25. The number of hydrogen-bond acceptors (Lipinski definition) is 6. The van der Waals surface area contributed by atoms with Crippen LogP contribution in [0.5, 0.6) is 0 Å². The fraction of sp³-hybridized carbons (Fsp3) is 0.234. The summed E-state index contributed by atoms with van der Waals surface area (Å²) in [6, 6.07) is 35.9. The van der Waals surface area contributed by atoms with Crippen LogP contribution in [0.3, 0.4) is 0 Å². The van der Waals surface area contributed by atoms with Crippen LogP contribution in [0.15, 0.2) is 103 Å². The highest BCUT2D eigenvalue weighted by atomic mass is 15.0. The van der Waals surface area contributed by atoms with Crippen LogP contribution >= 0.6 is 0 Å². The lowest BCUT2D eigenvalue weighted by molar-refractivity contribution is -0.538. The molecule has 0 radical (unpaired) electrons. The van der Waals surface area contributed by atoms with Gasteiger partial charge in [0.1, 0.15) is 22.1 Å². The molecule has 0 saturated carbocycles. The number of aromatic nitrogens is 4. The van der Waals surface area contributed by atoms with Crippen molar-refractivity contribution in [1.29, 1.82) is 0 Å². The number of unbranched alkanes of at least 4 members (excludes halogenated alkanes) is 3. The Morgan fingerprint density at radius 3 is 1.56 bits per heavy atom. The summed E-state index contributed by atoms with van der Waals surface area (Å²) >= 11 is 0. The van der Waals surface area contributed by atoms with E-state index in [0.717, 1.165) is 122 Å². The quantitative estimate of drug-likeness (QED) is 0.0458. The van der Waals surface area contributed by atoms with E-state index in [1.165, 1.54) is 22.4 Å². The summed E-state index contributed by atoms with van der Waals surface area (Å²) in [5.74, 6) is 0. The molecule has 8 aromatic rings. The molecule has 8 rings (SSSR count). The van der Waals surface area contributed by atoms with Crippen molar-refractivity contribution in [3.63, 3.8) is 0 Å². The number of benzene rings is 6. The number of hydrogen-bond donors (Lipinski definition) is 4. The van der Waals surface area contributed by atoms with Gasteiger partial charge in [0, 0.05) is 83.9 Å². The minimum atomic E-state index is 0.768. The van der Waals surface area contributed by atoms with E-state index < -0.39 is 0 Å². The van der Waals surface area contributed by atoms with Gasteiger partial charge in [-0.25, -0.2) is 9.97 Å². The Hall–Kier alpha value is -6.28. The third-order valence-electron chi connectivity index (χ3n) is 10.9. The van der Waals surface area contributed by atoms with Gasteiger partial charge < -0.3 is 22.1 Å². The number of anilines is 4. The van der Waals surface area contributed by atoms with Gasteiger partial charge in [0.05, 0.1) is 0 Å². The maximum Gasteiger partial charge on any atom is 0.242 e. The first kappa shape index (κ1) is 35.7. The first-order chi connectivity index (χ1) is 26.7. The van der Waals surface area contributed by atoms with Crippen molar-refractivity contribution in [2.45, 2.75) is 60.3 Å². The second kappa shape index (κ2) is 14.9. The van der Waals surface area contributed by atoms with Crippen molar-refractivity contribution >= 4 is 66.9 Å². The molecule has 0 saturated heterocycles. The number of nitrogens with zero attached hydrogens (tertiary/aromatic N) is 4. The summed E-state index contributed by atoms with van der Waals surface area (Å²) in [6.07, 6.45) is 4.48. The predicted octanol–water partition coefficient (Wildman–Crippen LogP) is 9.43. The van der Waals surface area contributed by atoms with Crippen molar-refractivity contribution in [1.82, 2.24) is 9.97 Å². The maximum absolute atomic E-state index is 6.44. The second-order valence-corrected chi connectivity index (χ2v) is 14.9. The first-order valence-corrected chi connectivity index (χ1v) is 19.4. The van der Waals surface area contributed by atoms with E-state index in [2.05, 4.69) is 132 Å². The molecule has 0 aliphatic heterocycles. The lowest BCUT2D eigenvalue weighted by Gasteiger charge is -2.15. The maximum atomic E-state index is 6.44. The molecule has 0 aliphatic carbocycles. The summed E-state index contributed by atoms with van der Waals surface area (Å²) < 4.78 is 4.59. The molecule has 0 unspecified atom stereocenters. The minimum Gasteiger partial charge on any atom is -0.398 e. The molecular formula is C47H50N8+2. The van der Waals surface area contributed by atoms with Gasteiger partial charge in [-0.15, -0.1) is 9.13 Å². The largest absolute Gasteiger partial charge is 0.398 e.